The van der Waals surface area contributed by atoms with E-state index in [1.165, 1.54) is 13.0 Å². The zero-order valence-electron chi connectivity index (χ0n) is 8.92. The number of aromatic hydroxyl groups is 1. The van der Waals surface area contributed by atoms with Crippen molar-refractivity contribution in [2.24, 2.45) is 0 Å². The molecule has 0 spiro atoms. The zero-order chi connectivity index (χ0) is 11.6. The van der Waals surface area contributed by atoms with Gasteiger partial charge in [-0.15, -0.1) is 0 Å². The summed E-state index contributed by atoms with van der Waals surface area (Å²) in [5.41, 5.74) is 2.11. The summed E-state index contributed by atoms with van der Waals surface area (Å²) in [4.78, 5) is 21.7. The van der Waals surface area contributed by atoms with Crippen LogP contribution in [0.3, 0.4) is 0 Å². The molecule has 0 aliphatic heterocycles. The fourth-order valence-electron chi connectivity index (χ4n) is 1.49. The molecule has 4 nitrogen and oxygen atoms in total. The van der Waals surface area contributed by atoms with Crippen LogP contribution in [0.15, 0.2) is 6.07 Å². The molecule has 80 valence electrons. The first-order chi connectivity index (χ1) is 6.97. The molecule has 4 heteroatoms. The first kappa shape index (κ1) is 11.2. The standard InChI is InChI=1S/C11H13NO3/c1-6-4-10(15)9(5-13)7(2)11(6)12-8(3)14/h4-5,15H,1-3H3,(H,12,14). The van der Waals surface area contributed by atoms with Crippen LogP contribution >= 0.6 is 0 Å². The number of carbonyl (C=O) groups is 2. The van der Waals surface area contributed by atoms with Gasteiger partial charge in [-0.25, -0.2) is 0 Å². The molecule has 1 rings (SSSR count). The summed E-state index contributed by atoms with van der Waals surface area (Å²) in [5.74, 6) is -0.266. The van der Waals surface area contributed by atoms with Gasteiger partial charge in [0.05, 0.1) is 5.56 Å². The average Bonchev–Trinajstić information content (AvgIpc) is 2.12. The fraction of sp³-hybridized carbons (Fsp3) is 0.273. The predicted octanol–water partition coefficient (Wildman–Crippen LogP) is 1.78. The number of benzene rings is 1. The Kier molecular flexibility index (Phi) is 3.09. The number of aldehydes is 1. The van der Waals surface area contributed by atoms with Crippen LogP contribution in [0.25, 0.3) is 0 Å². The molecule has 2 N–H and O–H groups in total. The number of hydrogen-bond donors (Lipinski definition) is 2. The van der Waals surface area contributed by atoms with Crippen LogP contribution in [0.5, 0.6) is 5.75 Å². The molecule has 1 amide bonds. The molecule has 0 aliphatic carbocycles. The lowest BCUT2D eigenvalue weighted by molar-refractivity contribution is -0.114. The molecule has 0 fully saturated rings. The van der Waals surface area contributed by atoms with Crippen molar-refractivity contribution in [3.8, 4) is 5.75 Å². The summed E-state index contributed by atoms with van der Waals surface area (Å²) in [6, 6.07) is 1.46. The second-order valence-electron chi connectivity index (χ2n) is 3.43. The van der Waals surface area contributed by atoms with Gasteiger partial charge in [-0.3, -0.25) is 9.59 Å². The van der Waals surface area contributed by atoms with Crippen LogP contribution in [0.1, 0.15) is 28.4 Å². The van der Waals surface area contributed by atoms with Gasteiger partial charge in [0.25, 0.3) is 0 Å². The van der Waals surface area contributed by atoms with E-state index < -0.39 is 0 Å². The Bertz CT molecular complexity index is 424. The van der Waals surface area contributed by atoms with Crippen molar-refractivity contribution in [3.63, 3.8) is 0 Å². The summed E-state index contributed by atoms with van der Waals surface area (Å²) < 4.78 is 0. The Hall–Kier alpha value is -1.84. The topological polar surface area (TPSA) is 66.4 Å². The van der Waals surface area contributed by atoms with E-state index in [2.05, 4.69) is 5.32 Å². The lowest BCUT2D eigenvalue weighted by Crippen LogP contribution is -2.09. The third kappa shape index (κ3) is 2.15. The highest BCUT2D eigenvalue weighted by Crippen LogP contribution is 2.29. The molecule has 0 bridgehead atoms. The molecular formula is C11H13NO3. The SMILES string of the molecule is CC(=O)Nc1c(C)cc(O)c(C=O)c1C. The van der Waals surface area contributed by atoms with Crippen molar-refractivity contribution in [1.29, 1.82) is 0 Å². The van der Waals surface area contributed by atoms with E-state index in [9.17, 15) is 14.7 Å². The van der Waals surface area contributed by atoms with Crippen LogP contribution in [0.4, 0.5) is 5.69 Å². The van der Waals surface area contributed by atoms with Gasteiger partial charge in [0.15, 0.2) is 6.29 Å². The fourth-order valence-corrected chi connectivity index (χ4v) is 1.49. The maximum atomic E-state index is 10.9. The Balaban J connectivity index is 3.38. The van der Waals surface area contributed by atoms with Crippen LogP contribution in [-0.4, -0.2) is 17.3 Å². The highest BCUT2D eigenvalue weighted by atomic mass is 16.3. The number of nitrogens with one attached hydrogen (secondary N) is 1. The summed E-state index contributed by atoms with van der Waals surface area (Å²) in [6.45, 7) is 4.83. The number of hydrogen-bond acceptors (Lipinski definition) is 3. The van der Waals surface area contributed by atoms with E-state index in [4.69, 9.17) is 0 Å². The minimum Gasteiger partial charge on any atom is -0.507 e. The Morgan fingerprint density at radius 3 is 2.53 bits per heavy atom. The minimum atomic E-state index is -0.205. The van der Waals surface area contributed by atoms with E-state index in [0.717, 1.165) is 5.56 Å². The lowest BCUT2D eigenvalue weighted by atomic mass is 10.0. The number of rotatable bonds is 2. The van der Waals surface area contributed by atoms with Gasteiger partial charge in [-0.2, -0.15) is 0 Å². The molecule has 1 aromatic rings. The summed E-state index contributed by atoms with van der Waals surface area (Å²) >= 11 is 0. The molecule has 1 aromatic carbocycles. The Labute approximate surface area is 87.9 Å². The van der Waals surface area contributed by atoms with Gasteiger partial charge in [0, 0.05) is 12.6 Å². The molecule has 0 saturated heterocycles. The molecule has 0 heterocycles. The summed E-state index contributed by atoms with van der Waals surface area (Å²) in [5, 5.41) is 12.1. The molecule has 15 heavy (non-hydrogen) atoms. The van der Waals surface area contributed by atoms with Crippen LogP contribution < -0.4 is 5.32 Å². The lowest BCUT2D eigenvalue weighted by Gasteiger charge is -2.13. The van der Waals surface area contributed by atoms with Crippen molar-refractivity contribution in [2.75, 3.05) is 5.32 Å². The quantitative estimate of drug-likeness (QED) is 0.573. The maximum Gasteiger partial charge on any atom is 0.221 e. The van der Waals surface area contributed by atoms with E-state index in [1.807, 2.05) is 0 Å². The van der Waals surface area contributed by atoms with Crippen LogP contribution in [0, 0.1) is 13.8 Å². The monoisotopic (exact) mass is 207 g/mol. The van der Waals surface area contributed by atoms with Crippen molar-refractivity contribution in [1.82, 2.24) is 0 Å². The van der Waals surface area contributed by atoms with Crippen LogP contribution in [0.2, 0.25) is 0 Å². The number of amides is 1. The first-order valence-corrected chi connectivity index (χ1v) is 4.53. The normalized spacial score (nSPS) is 9.80. The second kappa shape index (κ2) is 4.13. The largest absolute Gasteiger partial charge is 0.507 e. The Morgan fingerprint density at radius 1 is 1.47 bits per heavy atom. The number of carbonyl (C=O) groups excluding carboxylic acids is 2. The number of anilines is 1. The summed E-state index contributed by atoms with van der Waals surface area (Å²) in [6.07, 6.45) is 0.579. The van der Waals surface area contributed by atoms with E-state index in [-0.39, 0.29) is 17.2 Å². The third-order valence-electron chi connectivity index (χ3n) is 2.22. The first-order valence-electron chi connectivity index (χ1n) is 4.53. The molecule has 0 unspecified atom stereocenters. The Morgan fingerprint density at radius 2 is 2.07 bits per heavy atom. The molecule has 0 aromatic heterocycles. The second-order valence-corrected chi connectivity index (χ2v) is 3.43. The van der Waals surface area contributed by atoms with Gasteiger partial charge >= 0.3 is 0 Å². The zero-order valence-corrected chi connectivity index (χ0v) is 8.92. The van der Waals surface area contributed by atoms with Gasteiger partial charge in [-0.1, -0.05) is 0 Å². The molecular weight excluding hydrogens is 194 g/mol. The van der Waals surface area contributed by atoms with E-state index >= 15 is 0 Å². The number of phenols is 1. The van der Waals surface area contributed by atoms with Gasteiger partial charge in [0.1, 0.15) is 5.75 Å². The smallest absolute Gasteiger partial charge is 0.221 e. The number of aryl methyl sites for hydroxylation is 1. The highest BCUT2D eigenvalue weighted by molar-refractivity contribution is 5.94. The van der Waals surface area contributed by atoms with Crippen molar-refractivity contribution in [2.45, 2.75) is 20.8 Å². The third-order valence-corrected chi connectivity index (χ3v) is 2.22. The summed E-state index contributed by atoms with van der Waals surface area (Å²) in [7, 11) is 0. The number of phenolic OH excluding ortho intramolecular Hbond substituents is 1. The van der Waals surface area contributed by atoms with Crippen molar-refractivity contribution >= 4 is 17.9 Å². The van der Waals surface area contributed by atoms with Crippen molar-refractivity contribution in [3.05, 3.63) is 22.8 Å². The van der Waals surface area contributed by atoms with Crippen molar-refractivity contribution < 1.29 is 14.7 Å². The highest BCUT2D eigenvalue weighted by Gasteiger charge is 2.12. The molecule has 0 atom stereocenters. The van der Waals surface area contributed by atoms with Crippen LogP contribution in [-0.2, 0) is 4.79 Å². The van der Waals surface area contributed by atoms with E-state index in [1.54, 1.807) is 13.8 Å². The van der Waals surface area contributed by atoms with Gasteiger partial charge in [-0.05, 0) is 31.0 Å². The average molecular weight is 207 g/mol. The maximum absolute atomic E-state index is 10.9. The molecule has 0 aliphatic rings. The molecule has 0 radical (unpaired) electrons. The molecule has 0 saturated carbocycles. The van der Waals surface area contributed by atoms with E-state index in [0.29, 0.717) is 17.5 Å². The predicted molar refractivity (Wildman–Crippen MR) is 57.3 cm³/mol. The van der Waals surface area contributed by atoms with Gasteiger partial charge < -0.3 is 10.4 Å². The van der Waals surface area contributed by atoms with Gasteiger partial charge in [0.2, 0.25) is 5.91 Å². The minimum absolute atomic E-state index is 0.0610.